The zero-order chi connectivity index (χ0) is 12.1. The summed E-state index contributed by atoms with van der Waals surface area (Å²) in [6.45, 7) is 4.40. The van der Waals surface area contributed by atoms with E-state index >= 15 is 0 Å². The largest absolute Gasteiger partial charge is 0.396 e. The van der Waals surface area contributed by atoms with Gasteiger partial charge in [0.25, 0.3) is 5.91 Å². The summed E-state index contributed by atoms with van der Waals surface area (Å²) in [5.74, 6) is -0.0454. The third-order valence-corrected chi connectivity index (χ3v) is 2.41. The molecule has 0 aliphatic heterocycles. The second kappa shape index (κ2) is 5.65. The van der Waals surface area contributed by atoms with Gasteiger partial charge in [-0.3, -0.25) is 9.48 Å². The second-order valence-electron chi connectivity index (χ2n) is 4.01. The lowest BCUT2D eigenvalue weighted by molar-refractivity contribution is 0.0941. The lowest BCUT2D eigenvalue weighted by Gasteiger charge is -2.09. The van der Waals surface area contributed by atoms with Crippen LogP contribution in [-0.4, -0.2) is 33.9 Å². The number of amides is 1. The summed E-state index contributed by atoms with van der Waals surface area (Å²) in [4.78, 5) is 11.8. The van der Waals surface area contributed by atoms with Gasteiger partial charge in [0.1, 0.15) is 0 Å². The van der Waals surface area contributed by atoms with Crippen LogP contribution < -0.4 is 5.32 Å². The Kier molecular flexibility index (Phi) is 4.49. The SMILES string of the molecule is CCc1nn(C)cc1C(=O)NCC(C)CO. The van der Waals surface area contributed by atoms with Crippen molar-refractivity contribution in [1.82, 2.24) is 15.1 Å². The molecule has 1 aromatic heterocycles. The van der Waals surface area contributed by atoms with Crippen molar-refractivity contribution in [2.75, 3.05) is 13.2 Å². The lowest BCUT2D eigenvalue weighted by atomic mass is 10.1. The molecule has 1 aromatic rings. The quantitative estimate of drug-likeness (QED) is 0.759. The van der Waals surface area contributed by atoms with Gasteiger partial charge in [0.05, 0.1) is 11.3 Å². The molecule has 0 bridgehead atoms. The fourth-order valence-corrected chi connectivity index (χ4v) is 1.41. The highest BCUT2D eigenvalue weighted by molar-refractivity contribution is 5.95. The fraction of sp³-hybridized carbons (Fsp3) is 0.636. The van der Waals surface area contributed by atoms with Crippen LogP contribution in [0.4, 0.5) is 0 Å². The normalized spacial score (nSPS) is 12.5. The van der Waals surface area contributed by atoms with Crippen molar-refractivity contribution in [1.29, 1.82) is 0 Å². The Bertz CT molecular complexity index is 360. The summed E-state index contributed by atoms with van der Waals surface area (Å²) < 4.78 is 1.64. The summed E-state index contributed by atoms with van der Waals surface area (Å²) in [5, 5.41) is 15.8. The minimum atomic E-state index is -0.120. The van der Waals surface area contributed by atoms with E-state index in [1.807, 2.05) is 13.8 Å². The topological polar surface area (TPSA) is 67.2 Å². The molecule has 0 fully saturated rings. The molecule has 1 unspecified atom stereocenters. The van der Waals surface area contributed by atoms with E-state index in [-0.39, 0.29) is 18.4 Å². The van der Waals surface area contributed by atoms with Crippen molar-refractivity contribution in [3.8, 4) is 0 Å². The molecule has 5 heteroatoms. The molecule has 0 saturated carbocycles. The Hall–Kier alpha value is -1.36. The van der Waals surface area contributed by atoms with Crippen LogP contribution in [0.3, 0.4) is 0 Å². The first-order chi connectivity index (χ1) is 7.58. The maximum Gasteiger partial charge on any atom is 0.254 e. The van der Waals surface area contributed by atoms with Gasteiger partial charge in [-0.1, -0.05) is 13.8 Å². The summed E-state index contributed by atoms with van der Waals surface area (Å²) in [6, 6.07) is 0. The summed E-state index contributed by atoms with van der Waals surface area (Å²) >= 11 is 0. The predicted octanol–water partition coefficient (Wildman–Crippen LogP) is 0.341. The Morgan fingerprint density at radius 2 is 2.38 bits per heavy atom. The Labute approximate surface area is 95.5 Å². The van der Waals surface area contributed by atoms with Crippen LogP contribution in [0.5, 0.6) is 0 Å². The minimum absolute atomic E-state index is 0.0747. The summed E-state index contributed by atoms with van der Waals surface area (Å²) in [6.07, 6.45) is 2.46. The van der Waals surface area contributed by atoms with E-state index < -0.39 is 0 Å². The first-order valence-corrected chi connectivity index (χ1v) is 5.50. The number of nitrogens with zero attached hydrogens (tertiary/aromatic N) is 2. The molecule has 0 saturated heterocycles. The molecule has 0 aliphatic carbocycles. The number of nitrogens with one attached hydrogen (secondary N) is 1. The molecule has 1 rings (SSSR count). The molecule has 0 aromatic carbocycles. The van der Waals surface area contributed by atoms with Crippen molar-refractivity contribution in [3.63, 3.8) is 0 Å². The summed E-state index contributed by atoms with van der Waals surface area (Å²) in [7, 11) is 1.80. The number of carbonyl (C=O) groups is 1. The van der Waals surface area contributed by atoms with Crippen LogP contribution in [-0.2, 0) is 13.5 Å². The molecule has 0 radical (unpaired) electrons. The first-order valence-electron chi connectivity index (χ1n) is 5.50. The first kappa shape index (κ1) is 12.7. The molecule has 16 heavy (non-hydrogen) atoms. The maximum absolute atomic E-state index is 11.8. The van der Waals surface area contributed by atoms with E-state index in [1.54, 1.807) is 17.9 Å². The molecule has 0 aliphatic rings. The third-order valence-electron chi connectivity index (χ3n) is 2.41. The zero-order valence-corrected chi connectivity index (χ0v) is 10.0. The van der Waals surface area contributed by atoms with Crippen LogP contribution in [0.25, 0.3) is 0 Å². The van der Waals surface area contributed by atoms with Gasteiger partial charge in [-0.05, 0) is 12.3 Å². The van der Waals surface area contributed by atoms with Gasteiger partial charge in [-0.2, -0.15) is 5.10 Å². The molecule has 1 heterocycles. The van der Waals surface area contributed by atoms with Crippen molar-refractivity contribution < 1.29 is 9.90 Å². The van der Waals surface area contributed by atoms with Gasteiger partial charge in [0.2, 0.25) is 0 Å². The highest BCUT2D eigenvalue weighted by atomic mass is 16.3. The maximum atomic E-state index is 11.8. The van der Waals surface area contributed by atoms with Crippen LogP contribution in [0.2, 0.25) is 0 Å². The average Bonchev–Trinajstić information content (AvgIpc) is 2.66. The Morgan fingerprint density at radius 1 is 1.69 bits per heavy atom. The van der Waals surface area contributed by atoms with Crippen LogP contribution in [0.1, 0.15) is 29.9 Å². The minimum Gasteiger partial charge on any atom is -0.396 e. The van der Waals surface area contributed by atoms with Crippen LogP contribution in [0.15, 0.2) is 6.20 Å². The molecular formula is C11H19N3O2. The number of aryl methyl sites for hydroxylation is 2. The number of carbonyl (C=O) groups excluding carboxylic acids is 1. The van der Waals surface area contributed by atoms with Crippen molar-refractivity contribution in [2.24, 2.45) is 13.0 Å². The second-order valence-corrected chi connectivity index (χ2v) is 4.01. The molecule has 2 N–H and O–H groups in total. The highest BCUT2D eigenvalue weighted by Gasteiger charge is 2.14. The van der Waals surface area contributed by atoms with Gasteiger partial charge in [0.15, 0.2) is 0 Å². The Morgan fingerprint density at radius 3 is 2.94 bits per heavy atom. The van der Waals surface area contributed by atoms with Gasteiger partial charge in [-0.25, -0.2) is 0 Å². The standard InChI is InChI=1S/C11H19N3O2/c1-4-10-9(6-14(3)13-10)11(16)12-5-8(2)7-15/h6,8,15H,4-5,7H2,1-3H3,(H,12,16). The lowest BCUT2D eigenvalue weighted by Crippen LogP contribution is -2.29. The molecule has 1 atom stereocenters. The number of aromatic nitrogens is 2. The fourth-order valence-electron chi connectivity index (χ4n) is 1.41. The monoisotopic (exact) mass is 225 g/mol. The number of aliphatic hydroxyl groups is 1. The number of rotatable bonds is 5. The van der Waals surface area contributed by atoms with E-state index in [1.165, 1.54) is 0 Å². The van der Waals surface area contributed by atoms with Crippen LogP contribution in [0, 0.1) is 5.92 Å². The van der Waals surface area contributed by atoms with E-state index in [0.29, 0.717) is 12.1 Å². The summed E-state index contributed by atoms with van der Waals surface area (Å²) in [5.41, 5.74) is 1.42. The molecule has 1 amide bonds. The van der Waals surface area contributed by atoms with E-state index in [0.717, 1.165) is 12.1 Å². The third kappa shape index (κ3) is 3.06. The molecular weight excluding hydrogens is 206 g/mol. The van der Waals surface area contributed by atoms with Crippen molar-refractivity contribution >= 4 is 5.91 Å². The molecule has 0 spiro atoms. The van der Waals surface area contributed by atoms with Crippen molar-refractivity contribution in [3.05, 3.63) is 17.5 Å². The van der Waals surface area contributed by atoms with Gasteiger partial charge in [0, 0.05) is 26.4 Å². The number of hydrogen-bond donors (Lipinski definition) is 2. The molecule has 5 nitrogen and oxygen atoms in total. The van der Waals surface area contributed by atoms with E-state index in [2.05, 4.69) is 10.4 Å². The zero-order valence-electron chi connectivity index (χ0n) is 10.0. The smallest absolute Gasteiger partial charge is 0.254 e. The number of aliphatic hydroxyl groups excluding tert-OH is 1. The van der Waals surface area contributed by atoms with Gasteiger partial charge < -0.3 is 10.4 Å². The van der Waals surface area contributed by atoms with Gasteiger partial charge in [-0.15, -0.1) is 0 Å². The molecule has 90 valence electrons. The van der Waals surface area contributed by atoms with Crippen LogP contribution >= 0.6 is 0 Å². The van der Waals surface area contributed by atoms with E-state index in [9.17, 15) is 4.79 Å². The van der Waals surface area contributed by atoms with E-state index in [4.69, 9.17) is 5.11 Å². The van der Waals surface area contributed by atoms with Crippen molar-refractivity contribution in [2.45, 2.75) is 20.3 Å². The Balaban J connectivity index is 2.65. The van der Waals surface area contributed by atoms with Gasteiger partial charge >= 0.3 is 0 Å². The predicted molar refractivity (Wildman–Crippen MR) is 61.2 cm³/mol. The average molecular weight is 225 g/mol. The number of hydrogen-bond acceptors (Lipinski definition) is 3. The highest BCUT2D eigenvalue weighted by Crippen LogP contribution is 2.07.